The van der Waals surface area contributed by atoms with E-state index in [9.17, 15) is 18.8 Å². The van der Waals surface area contributed by atoms with Crippen molar-refractivity contribution >= 4 is 23.6 Å². The Bertz CT molecular complexity index is 1500. The molecule has 1 heterocycles. The van der Waals surface area contributed by atoms with Gasteiger partial charge in [0.05, 0.1) is 19.0 Å². The smallest absolute Gasteiger partial charge is 0.411 e. The minimum absolute atomic E-state index is 0.0705. The summed E-state index contributed by atoms with van der Waals surface area (Å²) in [6, 6.07) is 30.3. The van der Waals surface area contributed by atoms with Crippen LogP contribution in [0.5, 0.6) is 0 Å². The lowest BCUT2D eigenvalue weighted by atomic mass is 9.99. The van der Waals surface area contributed by atoms with Gasteiger partial charge in [-0.25, -0.2) is 9.18 Å². The molecule has 7 nitrogen and oxygen atoms in total. The Morgan fingerprint density at radius 2 is 1.49 bits per heavy atom. The molecule has 5 rings (SSSR count). The van der Waals surface area contributed by atoms with Gasteiger partial charge in [-0.2, -0.15) is 0 Å². The van der Waals surface area contributed by atoms with Crippen molar-refractivity contribution in [3.8, 4) is 0 Å². The molecule has 3 amide bonds. The SMILES string of the molecule is CC(NC(=O)C1C(c2ccc(NC(=O)Cc3ccccc3)cc2)OC(=O)N1Cc1ccc(F)cc1)c1ccccc1. The van der Waals surface area contributed by atoms with Crippen LogP contribution in [0.2, 0.25) is 0 Å². The predicted molar refractivity (Wildman–Crippen MR) is 153 cm³/mol. The van der Waals surface area contributed by atoms with Crippen molar-refractivity contribution in [2.75, 3.05) is 5.32 Å². The van der Waals surface area contributed by atoms with Crippen molar-refractivity contribution < 1.29 is 23.5 Å². The first-order chi connectivity index (χ1) is 19.9. The van der Waals surface area contributed by atoms with Gasteiger partial charge in [-0.15, -0.1) is 0 Å². The number of cyclic esters (lactones) is 1. The van der Waals surface area contributed by atoms with Crippen molar-refractivity contribution in [3.63, 3.8) is 0 Å². The molecule has 1 fully saturated rings. The molecule has 0 aromatic heterocycles. The van der Waals surface area contributed by atoms with Crippen molar-refractivity contribution in [1.29, 1.82) is 0 Å². The number of ether oxygens (including phenoxy) is 1. The number of hydrogen-bond donors (Lipinski definition) is 2. The van der Waals surface area contributed by atoms with Crippen LogP contribution < -0.4 is 10.6 Å². The summed E-state index contributed by atoms with van der Waals surface area (Å²) in [6.45, 7) is 1.94. The number of nitrogens with zero attached hydrogens (tertiary/aromatic N) is 1. The third-order valence-corrected chi connectivity index (χ3v) is 7.01. The monoisotopic (exact) mass is 551 g/mol. The largest absolute Gasteiger partial charge is 0.438 e. The molecule has 3 unspecified atom stereocenters. The third-order valence-electron chi connectivity index (χ3n) is 7.01. The van der Waals surface area contributed by atoms with Crippen LogP contribution in [0.1, 0.15) is 41.3 Å². The molecular weight excluding hydrogens is 521 g/mol. The highest BCUT2D eigenvalue weighted by molar-refractivity contribution is 5.92. The first-order valence-electron chi connectivity index (χ1n) is 13.4. The molecule has 1 aliphatic heterocycles. The number of anilines is 1. The fourth-order valence-corrected chi connectivity index (χ4v) is 4.86. The Hall–Kier alpha value is -4.98. The average Bonchev–Trinajstić information content (AvgIpc) is 3.31. The predicted octanol–water partition coefficient (Wildman–Crippen LogP) is 5.95. The van der Waals surface area contributed by atoms with Crippen LogP contribution in [-0.4, -0.2) is 28.8 Å². The van der Waals surface area contributed by atoms with E-state index in [1.165, 1.54) is 17.0 Å². The Balaban J connectivity index is 1.35. The fraction of sp³-hybridized carbons (Fsp3) is 0.182. The molecule has 1 aliphatic rings. The van der Waals surface area contributed by atoms with Crippen LogP contribution in [0.3, 0.4) is 0 Å². The van der Waals surface area contributed by atoms with Crippen LogP contribution >= 0.6 is 0 Å². The van der Waals surface area contributed by atoms with E-state index in [1.807, 2.05) is 67.6 Å². The van der Waals surface area contributed by atoms with Gasteiger partial charge >= 0.3 is 6.09 Å². The summed E-state index contributed by atoms with van der Waals surface area (Å²) < 4.78 is 19.2. The Morgan fingerprint density at radius 3 is 2.15 bits per heavy atom. The lowest BCUT2D eigenvalue weighted by Gasteiger charge is -2.26. The van der Waals surface area contributed by atoms with Gasteiger partial charge in [-0.05, 0) is 53.4 Å². The Kier molecular flexibility index (Phi) is 8.39. The number of carbonyl (C=O) groups is 3. The number of rotatable bonds is 9. The normalized spacial score (nSPS) is 17.0. The van der Waals surface area contributed by atoms with Gasteiger partial charge in [-0.3, -0.25) is 14.5 Å². The molecule has 41 heavy (non-hydrogen) atoms. The maximum absolute atomic E-state index is 13.7. The van der Waals surface area contributed by atoms with E-state index < -0.39 is 24.1 Å². The number of nitrogens with one attached hydrogen (secondary N) is 2. The van der Waals surface area contributed by atoms with Crippen LogP contribution in [0.25, 0.3) is 0 Å². The zero-order valence-corrected chi connectivity index (χ0v) is 22.5. The molecule has 2 N–H and O–H groups in total. The Morgan fingerprint density at radius 1 is 0.854 bits per heavy atom. The molecule has 4 aromatic carbocycles. The highest BCUT2D eigenvalue weighted by Gasteiger charge is 2.47. The number of carbonyl (C=O) groups excluding carboxylic acids is 3. The van der Waals surface area contributed by atoms with Crippen molar-refractivity contribution in [2.24, 2.45) is 0 Å². The molecule has 4 aromatic rings. The summed E-state index contributed by atoms with van der Waals surface area (Å²) in [7, 11) is 0. The van der Waals surface area contributed by atoms with E-state index in [2.05, 4.69) is 10.6 Å². The fourth-order valence-electron chi connectivity index (χ4n) is 4.86. The van der Waals surface area contributed by atoms with E-state index in [4.69, 9.17) is 4.74 Å². The maximum atomic E-state index is 13.7. The van der Waals surface area contributed by atoms with Gasteiger partial charge in [-0.1, -0.05) is 84.9 Å². The number of amides is 3. The number of hydrogen-bond acceptors (Lipinski definition) is 4. The van der Waals surface area contributed by atoms with E-state index in [0.29, 0.717) is 16.8 Å². The van der Waals surface area contributed by atoms with Gasteiger partial charge < -0.3 is 15.4 Å². The van der Waals surface area contributed by atoms with Crippen molar-refractivity contribution in [3.05, 3.63) is 137 Å². The zero-order chi connectivity index (χ0) is 28.8. The third kappa shape index (κ3) is 6.78. The molecule has 0 spiro atoms. The summed E-state index contributed by atoms with van der Waals surface area (Å²) in [4.78, 5) is 40.6. The molecule has 0 saturated carbocycles. The lowest BCUT2D eigenvalue weighted by Crippen LogP contribution is -2.46. The Labute approximate surface area is 238 Å². The van der Waals surface area contributed by atoms with E-state index in [-0.39, 0.29) is 30.8 Å². The molecule has 208 valence electrons. The summed E-state index contributed by atoms with van der Waals surface area (Å²) in [6.07, 6.45) is -1.30. The molecule has 1 saturated heterocycles. The van der Waals surface area contributed by atoms with Crippen LogP contribution in [0.15, 0.2) is 109 Å². The quantitative estimate of drug-likeness (QED) is 0.269. The molecular formula is C33H30FN3O4. The molecule has 0 radical (unpaired) electrons. The van der Waals surface area contributed by atoms with Crippen molar-refractivity contribution in [1.82, 2.24) is 10.2 Å². The highest BCUT2D eigenvalue weighted by Crippen LogP contribution is 2.35. The molecule has 0 aliphatic carbocycles. The molecule has 8 heteroatoms. The second-order valence-electron chi connectivity index (χ2n) is 9.98. The minimum atomic E-state index is -0.975. The average molecular weight is 552 g/mol. The van der Waals surface area contributed by atoms with Crippen molar-refractivity contribution in [2.45, 2.75) is 38.1 Å². The van der Waals surface area contributed by atoms with Crippen LogP contribution in [0.4, 0.5) is 14.9 Å². The second kappa shape index (κ2) is 12.5. The van der Waals surface area contributed by atoms with Crippen LogP contribution in [-0.2, 0) is 27.3 Å². The molecule has 0 bridgehead atoms. The summed E-state index contributed by atoms with van der Waals surface area (Å²) in [5.41, 5.74) is 3.67. The number of halogens is 1. The van der Waals surface area contributed by atoms with Gasteiger partial charge in [0.25, 0.3) is 0 Å². The maximum Gasteiger partial charge on any atom is 0.411 e. The van der Waals surface area contributed by atoms with E-state index >= 15 is 0 Å². The van der Waals surface area contributed by atoms with Gasteiger partial charge in [0.2, 0.25) is 11.8 Å². The topological polar surface area (TPSA) is 87.7 Å². The van der Waals surface area contributed by atoms with E-state index in [1.54, 1.807) is 36.4 Å². The summed E-state index contributed by atoms with van der Waals surface area (Å²) in [5.74, 6) is -0.925. The van der Waals surface area contributed by atoms with E-state index in [0.717, 1.165) is 11.1 Å². The highest BCUT2D eigenvalue weighted by atomic mass is 19.1. The first kappa shape index (κ1) is 27.6. The zero-order valence-electron chi connectivity index (χ0n) is 22.5. The minimum Gasteiger partial charge on any atom is -0.438 e. The number of benzene rings is 4. The molecule has 3 atom stereocenters. The van der Waals surface area contributed by atoms with Gasteiger partial charge in [0, 0.05) is 5.69 Å². The first-order valence-corrected chi connectivity index (χ1v) is 13.4. The second-order valence-corrected chi connectivity index (χ2v) is 9.98. The summed E-state index contributed by atoms with van der Waals surface area (Å²) in [5, 5.41) is 5.89. The standard InChI is InChI=1S/C33H30FN3O4/c1-22(25-10-6-3-7-11-25)35-32(39)30-31(41-33(40)37(30)21-24-12-16-27(34)17-13-24)26-14-18-28(19-15-26)36-29(38)20-23-8-4-2-5-9-23/h2-19,22,30-31H,20-21H2,1H3,(H,35,39)(H,36,38). The summed E-state index contributed by atoms with van der Waals surface area (Å²) >= 11 is 0. The van der Waals surface area contributed by atoms with Crippen LogP contribution in [0, 0.1) is 5.82 Å². The lowest BCUT2D eigenvalue weighted by molar-refractivity contribution is -0.127. The van der Waals surface area contributed by atoms with Gasteiger partial charge in [0.15, 0.2) is 12.1 Å². The van der Waals surface area contributed by atoms with Gasteiger partial charge in [0.1, 0.15) is 5.82 Å².